The number of hydrogen-bond acceptors (Lipinski definition) is 4. The molecular formula is C14H20N2O2. The molecule has 1 aromatic rings. The summed E-state index contributed by atoms with van der Waals surface area (Å²) in [5.74, 6) is 1.39. The SMILES string of the molecule is COC1(c2nc(C)cc(C=O)n2)CCC(C)CC1. The van der Waals surface area contributed by atoms with Crippen LogP contribution in [0.15, 0.2) is 6.07 Å². The zero-order chi connectivity index (χ0) is 13.2. The molecule has 0 radical (unpaired) electrons. The Morgan fingerprint density at radius 3 is 2.61 bits per heavy atom. The molecule has 1 aliphatic carbocycles. The third kappa shape index (κ3) is 2.43. The first-order valence-corrected chi connectivity index (χ1v) is 6.46. The van der Waals surface area contributed by atoms with E-state index >= 15 is 0 Å². The van der Waals surface area contributed by atoms with Crippen molar-refractivity contribution in [1.82, 2.24) is 9.97 Å². The number of nitrogens with zero attached hydrogens (tertiary/aromatic N) is 2. The van der Waals surface area contributed by atoms with Crippen LogP contribution in [0.2, 0.25) is 0 Å². The van der Waals surface area contributed by atoms with Gasteiger partial charge in [0.15, 0.2) is 12.1 Å². The molecule has 1 aromatic heterocycles. The second-order valence-corrected chi connectivity index (χ2v) is 5.26. The van der Waals surface area contributed by atoms with E-state index in [4.69, 9.17) is 4.74 Å². The molecule has 1 saturated carbocycles. The normalized spacial score (nSPS) is 28.1. The van der Waals surface area contributed by atoms with Crippen molar-refractivity contribution < 1.29 is 9.53 Å². The standard InChI is InChI=1S/C14H20N2O2/c1-10-4-6-14(18-3,7-5-10)13-15-11(2)8-12(9-17)16-13/h8-10H,4-7H2,1-3H3. The Morgan fingerprint density at radius 1 is 1.39 bits per heavy atom. The molecule has 1 heterocycles. The molecule has 0 N–H and O–H groups in total. The molecule has 4 nitrogen and oxygen atoms in total. The van der Waals surface area contributed by atoms with Gasteiger partial charge in [-0.25, -0.2) is 9.97 Å². The summed E-state index contributed by atoms with van der Waals surface area (Å²) in [5, 5.41) is 0. The van der Waals surface area contributed by atoms with E-state index in [-0.39, 0.29) is 0 Å². The minimum Gasteiger partial charge on any atom is -0.370 e. The molecule has 0 aromatic carbocycles. The van der Waals surface area contributed by atoms with Gasteiger partial charge in [-0.05, 0) is 44.6 Å². The first-order chi connectivity index (χ1) is 8.59. The Kier molecular flexibility index (Phi) is 3.76. The number of methoxy groups -OCH3 is 1. The van der Waals surface area contributed by atoms with Crippen molar-refractivity contribution in [2.45, 2.75) is 45.1 Å². The number of hydrogen-bond donors (Lipinski definition) is 0. The second-order valence-electron chi connectivity index (χ2n) is 5.26. The largest absolute Gasteiger partial charge is 0.370 e. The summed E-state index contributed by atoms with van der Waals surface area (Å²) in [6.45, 7) is 4.14. The van der Waals surface area contributed by atoms with E-state index in [1.807, 2.05) is 6.92 Å². The maximum absolute atomic E-state index is 10.9. The Labute approximate surface area is 108 Å². The first-order valence-electron chi connectivity index (χ1n) is 6.46. The Hall–Kier alpha value is -1.29. The summed E-state index contributed by atoms with van der Waals surface area (Å²) in [6, 6.07) is 1.70. The first kappa shape index (κ1) is 13.1. The molecule has 0 spiro atoms. The topological polar surface area (TPSA) is 52.1 Å². The Bertz CT molecular complexity index is 437. The van der Waals surface area contributed by atoms with Crippen LogP contribution in [-0.2, 0) is 10.3 Å². The molecule has 0 aliphatic heterocycles. The van der Waals surface area contributed by atoms with Gasteiger partial charge in [-0.2, -0.15) is 0 Å². The second kappa shape index (κ2) is 5.14. The fourth-order valence-electron chi connectivity index (χ4n) is 2.60. The van der Waals surface area contributed by atoms with Crippen LogP contribution in [-0.4, -0.2) is 23.4 Å². The summed E-state index contributed by atoms with van der Waals surface area (Å²) >= 11 is 0. The third-order valence-electron chi connectivity index (χ3n) is 3.87. The van der Waals surface area contributed by atoms with Crippen molar-refractivity contribution in [3.05, 3.63) is 23.3 Å². The van der Waals surface area contributed by atoms with E-state index < -0.39 is 5.60 Å². The van der Waals surface area contributed by atoms with Crippen LogP contribution in [0.25, 0.3) is 0 Å². The summed E-state index contributed by atoms with van der Waals surface area (Å²) in [6.07, 6.45) is 4.84. The number of aldehydes is 1. The van der Waals surface area contributed by atoms with E-state index in [0.29, 0.717) is 11.5 Å². The number of aryl methyl sites for hydroxylation is 1. The molecule has 1 fully saturated rings. The number of carbonyl (C=O) groups excluding carboxylic acids is 1. The zero-order valence-corrected chi connectivity index (χ0v) is 11.3. The van der Waals surface area contributed by atoms with Crippen molar-refractivity contribution in [2.24, 2.45) is 5.92 Å². The zero-order valence-electron chi connectivity index (χ0n) is 11.3. The predicted octanol–water partition coefficient (Wildman–Crippen LogP) is 2.65. The lowest BCUT2D eigenvalue weighted by Gasteiger charge is -2.37. The number of carbonyl (C=O) groups is 1. The van der Waals surface area contributed by atoms with Crippen molar-refractivity contribution >= 4 is 6.29 Å². The smallest absolute Gasteiger partial charge is 0.168 e. The van der Waals surface area contributed by atoms with Crippen LogP contribution in [0.5, 0.6) is 0 Å². The van der Waals surface area contributed by atoms with Crippen LogP contribution < -0.4 is 0 Å². The molecule has 0 bridgehead atoms. The van der Waals surface area contributed by atoms with Gasteiger partial charge in [-0.1, -0.05) is 6.92 Å². The van der Waals surface area contributed by atoms with Crippen molar-refractivity contribution in [2.75, 3.05) is 7.11 Å². The maximum Gasteiger partial charge on any atom is 0.168 e. The predicted molar refractivity (Wildman–Crippen MR) is 68.5 cm³/mol. The number of rotatable bonds is 3. The molecule has 0 atom stereocenters. The molecule has 18 heavy (non-hydrogen) atoms. The highest BCUT2D eigenvalue weighted by molar-refractivity contribution is 5.71. The Balaban J connectivity index is 2.38. The molecule has 1 aliphatic rings. The summed E-state index contributed by atoms with van der Waals surface area (Å²) in [7, 11) is 1.71. The van der Waals surface area contributed by atoms with Gasteiger partial charge >= 0.3 is 0 Å². The van der Waals surface area contributed by atoms with E-state index in [1.54, 1.807) is 13.2 Å². The molecular weight excluding hydrogens is 228 g/mol. The summed E-state index contributed by atoms with van der Waals surface area (Å²) < 4.78 is 5.73. The van der Waals surface area contributed by atoms with E-state index in [9.17, 15) is 4.79 Å². The number of aromatic nitrogens is 2. The van der Waals surface area contributed by atoms with E-state index in [1.165, 1.54) is 0 Å². The molecule has 4 heteroatoms. The molecule has 2 rings (SSSR count). The van der Waals surface area contributed by atoms with Gasteiger partial charge in [0.1, 0.15) is 11.3 Å². The van der Waals surface area contributed by atoms with Gasteiger partial charge in [-0.15, -0.1) is 0 Å². The van der Waals surface area contributed by atoms with Crippen LogP contribution in [0, 0.1) is 12.8 Å². The van der Waals surface area contributed by atoms with Gasteiger partial charge in [0.05, 0.1) is 0 Å². The van der Waals surface area contributed by atoms with Crippen molar-refractivity contribution in [1.29, 1.82) is 0 Å². The van der Waals surface area contributed by atoms with E-state index in [0.717, 1.165) is 43.6 Å². The van der Waals surface area contributed by atoms with Gasteiger partial charge in [0.2, 0.25) is 0 Å². The molecule has 0 saturated heterocycles. The fourth-order valence-corrected chi connectivity index (χ4v) is 2.60. The van der Waals surface area contributed by atoms with Crippen LogP contribution in [0.3, 0.4) is 0 Å². The van der Waals surface area contributed by atoms with Crippen molar-refractivity contribution in [3.8, 4) is 0 Å². The third-order valence-corrected chi connectivity index (χ3v) is 3.87. The lowest BCUT2D eigenvalue weighted by molar-refractivity contribution is -0.0599. The molecule has 0 unspecified atom stereocenters. The van der Waals surface area contributed by atoms with Crippen LogP contribution in [0.4, 0.5) is 0 Å². The van der Waals surface area contributed by atoms with Gasteiger partial charge in [0, 0.05) is 12.8 Å². The highest BCUT2D eigenvalue weighted by Crippen LogP contribution is 2.40. The fraction of sp³-hybridized carbons (Fsp3) is 0.643. The Morgan fingerprint density at radius 2 is 2.06 bits per heavy atom. The average Bonchev–Trinajstić information content (AvgIpc) is 2.39. The van der Waals surface area contributed by atoms with Crippen molar-refractivity contribution in [3.63, 3.8) is 0 Å². The average molecular weight is 248 g/mol. The highest BCUT2D eigenvalue weighted by Gasteiger charge is 2.38. The minimum absolute atomic E-state index is 0.406. The molecule has 98 valence electrons. The summed E-state index contributed by atoms with van der Waals surface area (Å²) in [4.78, 5) is 19.7. The van der Waals surface area contributed by atoms with Crippen LogP contribution in [0.1, 0.15) is 54.6 Å². The quantitative estimate of drug-likeness (QED) is 0.772. The number of ether oxygens (including phenoxy) is 1. The lowest BCUT2D eigenvalue weighted by Crippen LogP contribution is -2.35. The lowest BCUT2D eigenvalue weighted by atomic mass is 9.79. The maximum atomic E-state index is 10.9. The monoisotopic (exact) mass is 248 g/mol. The van der Waals surface area contributed by atoms with E-state index in [2.05, 4.69) is 16.9 Å². The molecule has 0 amide bonds. The minimum atomic E-state index is -0.406. The summed E-state index contributed by atoms with van der Waals surface area (Å²) in [5.41, 5.74) is 0.848. The van der Waals surface area contributed by atoms with Gasteiger partial charge < -0.3 is 4.74 Å². The van der Waals surface area contributed by atoms with Gasteiger partial charge in [0.25, 0.3) is 0 Å². The highest BCUT2D eigenvalue weighted by atomic mass is 16.5. The van der Waals surface area contributed by atoms with Gasteiger partial charge in [-0.3, -0.25) is 4.79 Å². The van der Waals surface area contributed by atoms with Crippen LogP contribution >= 0.6 is 0 Å².